The van der Waals surface area contributed by atoms with Crippen molar-refractivity contribution < 1.29 is 14.3 Å². The highest BCUT2D eigenvalue weighted by Crippen LogP contribution is 2.35. The minimum absolute atomic E-state index is 0.0602. The van der Waals surface area contributed by atoms with Crippen molar-refractivity contribution in [2.24, 2.45) is 0 Å². The average Bonchev–Trinajstić information content (AvgIpc) is 2.86. The van der Waals surface area contributed by atoms with Gasteiger partial charge in [0.05, 0.1) is 12.5 Å². The number of carbonyl (C=O) groups excluding carboxylic acids is 2. The van der Waals surface area contributed by atoms with Crippen LogP contribution >= 0.6 is 0 Å². The molecule has 1 aliphatic rings. The van der Waals surface area contributed by atoms with Crippen molar-refractivity contribution >= 4 is 11.8 Å². The minimum atomic E-state index is -0.146. The zero-order chi connectivity index (χ0) is 16.3. The number of hydrogen-bond acceptors (Lipinski definition) is 4. The normalized spacial score (nSPS) is 16.9. The quantitative estimate of drug-likeness (QED) is 0.598. The van der Waals surface area contributed by atoms with Gasteiger partial charge in [-0.1, -0.05) is 12.1 Å². The van der Waals surface area contributed by atoms with Crippen LogP contribution in [-0.4, -0.2) is 36.3 Å². The number of nitrogens with zero attached hydrogens (tertiary/aromatic N) is 1. The SMILES string of the molecule is CC(=O)c1ccc2c(c1)CCC2N(C)CCC(=O)OC(C)C. The Morgan fingerprint density at radius 3 is 2.73 bits per heavy atom. The van der Waals surface area contributed by atoms with Crippen LogP contribution in [0, 0.1) is 0 Å². The Hall–Kier alpha value is -1.68. The van der Waals surface area contributed by atoms with E-state index in [1.165, 1.54) is 11.1 Å². The van der Waals surface area contributed by atoms with E-state index in [9.17, 15) is 9.59 Å². The Kier molecular flexibility index (Phi) is 5.35. The molecule has 0 saturated heterocycles. The predicted octanol–water partition coefficient (Wildman–Crippen LogP) is 3.15. The van der Waals surface area contributed by atoms with Gasteiger partial charge in [0.15, 0.2) is 5.78 Å². The van der Waals surface area contributed by atoms with Gasteiger partial charge in [0, 0.05) is 18.2 Å². The van der Waals surface area contributed by atoms with Gasteiger partial charge >= 0.3 is 5.97 Å². The summed E-state index contributed by atoms with van der Waals surface area (Å²) >= 11 is 0. The van der Waals surface area contributed by atoms with E-state index in [0.717, 1.165) is 18.4 Å². The molecule has 0 aliphatic heterocycles. The van der Waals surface area contributed by atoms with Crippen molar-refractivity contribution in [2.45, 2.75) is 52.2 Å². The Bertz CT molecular complexity index is 565. The van der Waals surface area contributed by atoms with Crippen LogP contribution in [0.15, 0.2) is 18.2 Å². The van der Waals surface area contributed by atoms with Crippen LogP contribution in [0.1, 0.15) is 61.1 Å². The molecule has 1 aromatic rings. The predicted molar refractivity (Wildman–Crippen MR) is 86.0 cm³/mol. The van der Waals surface area contributed by atoms with Crippen molar-refractivity contribution in [3.8, 4) is 0 Å². The third-order valence-corrected chi connectivity index (χ3v) is 4.16. The van der Waals surface area contributed by atoms with Crippen LogP contribution in [0.25, 0.3) is 0 Å². The van der Waals surface area contributed by atoms with E-state index in [4.69, 9.17) is 4.74 Å². The summed E-state index contributed by atoms with van der Waals surface area (Å²) in [6.07, 6.45) is 2.37. The number of rotatable bonds is 6. The van der Waals surface area contributed by atoms with Crippen LogP contribution < -0.4 is 0 Å². The van der Waals surface area contributed by atoms with Crippen molar-refractivity contribution in [3.05, 3.63) is 34.9 Å². The maximum absolute atomic E-state index is 11.7. The van der Waals surface area contributed by atoms with Gasteiger partial charge in [0.25, 0.3) is 0 Å². The van der Waals surface area contributed by atoms with Crippen LogP contribution in [0.3, 0.4) is 0 Å². The maximum atomic E-state index is 11.7. The lowest BCUT2D eigenvalue weighted by molar-refractivity contribution is -0.147. The fraction of sp³-hybridized carbons (Fsp3) is 0.556. The molecule has 0 saturated carbocycles. The summed E-state index contributed by atoms with van der Waals surface area (Å²) in [5.74, 6) is -0.0389. The first-order valence-corrected chi connectivity index (χ1v) is 7.92. The zero-order valence-electron chi connectivity index (χ0n) is 13.9. The first-order chi connectivity index (χ1) is 10.4. The number of hydrogen-bond donors (Lipinski definition) is 0. The third kappa shape index (κ3) is 3.95. The highest BCUT2D eigenvalue weighted by atomic mass is 16.5. The number of esters is 1. The molecule has 22 heavy (non-hydrogen) atoms. The molecule has 1 unspecified atom stereocenters. The summed E-state index contributed by atoms with van der Waals surface area (Å²) in [7, 11) is 2.04. The maximum Gasteiger partial charge on any atom is 0.307 e. The monoisotopic (exact) mass is 303 g/mol. The lowest BCUT2D eigenvalue weighted by Crippen LogP contribution is -2.26. The molecular weight excluding hydrogens is 278 g/mol. The summed E-state index contributed by atoms with van der Waals surface area (Å²) < 4.78 is 5.17. The summed E-state index contributed by atoms with van der Waals surface area (Å²) in [6, 6.07) is 6.30. The second-order valence-corrected chi connectivity index (χ2v) is 6.29. The highest BCUT2D eigenvalue weighted by molar-refractivity contribution is 5.94. The van der Waals surface area contributed by atoms with Gasteiger partial charge in [-0.3, -0.25) is 14.5 Å². The molecule has 1 aromatic carbocycles. The van der Waals surface area contributed by atoms with Crippen molar-refractivity contribution in [3.63, 3.8) is 0 Å². The molecule has 1 atom stereocenters. The molecule has 0 fully saturated rings. The minimum Gasteiger partial charge on any atom is -0.463 e. The van der Waals surface area contributed by atoms with Crippen molar-refractivity contribution in [1.82, 2.24) is 4.90 Å². The Morgan fingerprint density at radius 2 is 2.09 bits per heavy atom. The molecular formula is C18H25NO3. The molecule has 0 N–H and O–H groups in total. The summed E-state index contributed by atoms with van der Waals surface area (Å²) in [5.41, 5.74) is 3.32. The smallest absolute Gasteiger partial charge is 0.307 e. The van der Waals surface area contributed by atoms with E-state index in [0.29, 0.717) is 19.0 Å². The molecule has 4 heteroatoms. The topological polar surface area (TPSA) is 46.6 Å². The molecule has 0 aromatic heterocycles. The average molecular weight is 303 g/mol. The summed E-state index contributed by atoms with van der Waals surface area (Å²) in [6.45, 7) is 6.01. The highest BCUT2D eigenvalue weighted by Gasteiger charge is 2.26. The zero-order valence-corrected chi connectivity index (χ0v) is 13.9. The third-order valence-electron chi connectivity index (χ3n) is 4.16. The van der Waals surface area contributed by atoms with Gasteiger partial charge in [-0.2, -0.15) is 0 Å². The van der Waals surface area contributed by atoms with E-state index < -0.39 is 0 Å². The molecule has 0 bridgehead atoms. The number of benzene rings is 1. The van der Waals surface area contributed by atoms with Crippen molar-refractivity contribution in [2.75, 3.05) is 13.6 Å². The molecule has 0 amide bonds. The lowest BCUT2D eigenvalue weighted by atomic mass is 10.0. The van der Waals surface area contributed by atoms with Gasteiger partial charge in [-0.15, -0.1) is 0 Å². The fourth-order valence-corrected chi connectivity index (χ4v) is 3.02. The standard InChI is InChI=1S/C18H25NO3/c1-12(2)22-18(21)9-10-19(4)17-8-6-15-11-14(13(3)20)5-7-16(15)17/h5,7,11-12,17H,6,8-10H2,1-4H3. The first kappa shape index (κ1) is 16.7. The van der Waals surface area contributed by atoms with Gasteiger partial charge in [-0.25, -0.2) is 0 Å². The van der Waals surface area contributed by atoms with Gasteiger partial charge in [0.2, 0.25) is 0 Å². The van der Waals surface area contributed by atoms with Gasteiger partial charge < -0.3 is 4.74 Å². The van der Waals surface area contributed by atoms with E-state index in [2.05, 4.69) is 11.0 Å². The molecule has 0 radical (unpaired) electrons. The number of Topliss-reactive ketones (excluding diaryl/α,β-unsaturated/α-hetero) is 1. The second-order valence-electron chi connectivity index (χ2n) is 6.29. The van der Waals surface area contributed by atoms with Crippen LogP contribution in [0.4, 0.5) is 0 Å². The molecule has 120 valence electrons. The van der Waals surface area contributed by atoms with E-state index in [-0.39, 0.29) is 17.9 Å². The lowest BCUT2D eigenvalue weighted by Gasteiger charge is -2.25. The molecule has 4 nitrogen and oxygen atoms in total. The fourth-order valence-electron chi connectivity index (χ4n) is 3.02. The Labute approximate surface area is 132 Å². The van der Waals surface area contributed by atoms with E-state index in [1.54, 1.807) is 6.92 Å². The first-order valence-electron chi connectivity index (χ1n) is 7.92. The van der Waals surface area contributed by atoms with Crippen LogP contribution in [-0.2, 0) is 16.0 Å². The van der Waals surface area contributed by atoms with Gasteiger partial charge in [0.1, 0.15) is 0 Å². The van der Waals surface area contributed by atoms with E-state index in [1.807, 2.05) is 33.0 Å². The number of carbonyl (C=O) groups is 2. The number of aryl methyl sites for hydroxylation is 1. The van der Waals surface area contributed by atoms with Crippen LogP contribution in [0.5, 0.6) is 0 Å². The molecule has 1 aliphatic carbocycles. The van der Waals surface area contributed by atoms with Crippen LogP contribution in [0.2, 0.25) is 0 Å². The van der Waals surface area contributed by atoms with Crippen molar-refractivity contribution in [1.29, 1.82) is 0 Å². The molecule has 2 rings (SSSR count). The molecule has 0 spiro atoms. The molecule has 0 heterocycles. The largest absolute Gasteiger partial charge is 0.463 e. The Morgan fingerprint density at radius 1 is 1.36 bits per heavy atom. The number of fused-ring (bicyclic) bond motifs is 1. The number of ether oxygens (including phenoxy) is 1. The number of ketones is 1. The summed E-state index contributed by atoms with van der Waals surface area (Å²) in [5, 5.41) is 0. The van der Waals surface area contributed by atoms with Gasteiger partial charge in [-0.05, 0) is 57.9 Å². The second kappa shape index (κ2) is 7.05. The van der Waals surface area contributed by atoms with E-state index >= 15 is 0 Å². The summed E-state index contributed by atoms with van der Waals surface area (Å²) in [4.78, 5) is 25.3. The Balaban J connectivity index is 1.98.